The summed E-state index contributed by atoms with van der Waals surface area (Å²) in [6.07, 6.45) is 2.90. The number of nitrogens with one attached hydrogen (secondary N) is 2. The van der Waals surface area contributed by atoms with Crippen LogP contribution in [0, 0.1) is 11.6 Å². The smallest absolute Gasteiger partial charge is 0.254 e. The van der Waals surface area contributed by atoms with Gasteiger partial charge in [0.05, 0.1) is 24.8 Å². The number of ether oxygens (including phenoxy) is 2. The molecule has 6 nitrogen and oxygen atoms in total. The van der Waals surface area contributed by atoms with Gasteiger partial charge >= 0.3 is 0 Å². The van der Waals surface area contributed by atoms with Crippen molar-refractivity contribution in [3.63, 3.8) is 0 Å². The molecule has 1 atom stereocenters. The average Bonchev–Trinajstić information content (AvgIpc) is 3.09. The van der Waals surface area contributed by atoms with E-state index in [1.807, 2.05) is 0 Å². The first-order valence-corrected chi connectivity index (χ1v) is 8.25. The van der Waals surface area contributed by atoms with Crippen molar-refractivity contribution in [1.29, 1.82) is 0 Å². The lowest BCUT2D eigenvalue weighted by Gasteiger charge is -2.10. The summed E-state index contributed by atoms with van der Waals surface area (Å²) in [6.45, 7) is 1.98. The van der Waals surface area contributed by atoms with Crippen molar-refractivity contribution in [2.24, 2.45) is 0 Å². The largest absolute Gasteiger partial charge is 0.379 e. The van der Waals surface area contributed by atoms with Gasteiger partial charge in [0.2, 0.25) is 5.91 Å². The predicted molar refractivity (Wildman–Crippen MR) is 86.1 cm³/mol. The Hall–Kier alpha value is -2.06. The van der Waals surface area contributed by atoms with Gasteiger partial charge in [0, 0.05) is 25.8 Å². The molecule has 1 saturated heterocycles. The van der Waals surface area contributed by atoms with Crippen molar-refractivity contribution in [3.05, 3.63) is 35.4 Å². The molecule has 1 fully saturated rings. The highest BCUT2D eigenvalue weighted by Crippen LogP contribution is 2.12. The molecule has 1 unspecified atom stereocenters. The highest BCUT2D eigenvalue weighted by Gasteiger charge is 2.15. The molecule has 2 amide bonds. The minimum Gasteiger partial charge on any atom is -0.379 e. The molecule has 0 aliphatic carbocycles. The van der Waals surface area contributed by atoms with Gasteiger partial charge in [0.15, 0.2) is 0 Å². The molecular formula is C17H22F2N2O4. The van der Waals surface area contributed by atoms with E-state index in [9.17, 15) is 18.4 Å². The number of carbonyl (C=O) groups is 2. The maximum atomic E-state index is 13.4. The normalized spacial score (nSPS) is 16.6. The predicted octanol–water partition coefficient (Wildman–Crippen LogP) is 1.40. The molecule has 2 rings (SSSR count). The maximum Gasteiger partial charge on any atom is 0.254 e. The lowest BCUT2D eigenvalue weighted by atomic mass is 10.2. The summed E-state index contributed by atoms with van der Waals surface area (Å²) in [5, 5.41) is 4.91. The first-order valence-electron chi connectivity index (χ1n) is 8.25. The minimum atomic E-state index is -0.971. The van der Waals surface area contributed by atoms with Gasteiger partial charge in [-0.15, -0.1) is 0 Å². The third kappa shape index (κ3) is 6.75. The maximum absolute atomic E-state index is 13.4. The van der Waals surface area contributed by atoms with Crippen LogP contribution < -0.4 is 10.6 Å². The Labute approximate surface area is 144 Å². The second kappa shape index (κ2) is 10.0. The number of hydrogen-bond acceptors (Lipinski definition) is 4. The van der Waals surface area contributed by atoms with Crippen LogP contribution in [0.3, 0.4) is 0 Å². The number of rotatable bonds is 9. The van der Waals surface area contributed by atoms with E-state index in [0.717, 1.165) is 31.6 Å². The standard InChI is InChI=1S/C17H22F2N2O4/c18-12-4-5-14(15(19)9-12)17(23)21-10-16(22)20-6-2-7-24-11-13-3-1-8-25-13/h4-5,9,13H,1-3,6-8,10-11H2,(H,20,22)(H,21,23). The van der Waals surface area contributed by atoms with E-state index in [1.165, 1.54) is 0 Å². The molecule has 0 spiro atoms. The lowest BCUT2D eigenvalue weighted by molar-refractivity contribution is -0.120. The molecule has 2 N–H and O–H groups in total. The van der Waals surface area contributed by atoms with Crippen LogP contribution in [-0.2, 0) is 14.3 Å². The molecule has 1 aliphatic rings. The number of halogens is 2. The Balaban J connectivity index is 1.55. The molecule has 25 heavy (non-hydrogen) atoms. The van der Waals surface area contributed by atoms with E-state index in [1.54, 1.807) is 0 Å². The van der Waals surface area contributed by atoms with Gasteiger partial charge < -0.3 is 20.1 Å². The Morgan fingerprint density at radius 1 is 1.28 bits per heavy atom. The quantitative estimate of drug-likeness (QED) is 0.656. The average molecular weight is 356 g/mol. The SMILES string of the molecule is O=C(CNC(=O)c1ccc(F)cc1F)NCCCOCC1CCCO1. The van der Waals surface area contributed by atoms with Crippen molar-refractivity contribution < 1.29 is 27.8 Å². The summed E-state index contributed by atoms with van der Waals surface area (Å²) in [5.41, 5.74) is -0.309. The van der Waals surface area contributed by atoms with Gasteiger partial charge in [-0.05, 0) is 31.4 Å². The number of amides is 2. The van der Waals surface area contributed by atoms with Crippen LogP contribution in [-0.4, -0.2) is 50.8 Å². The zero-order valence-corrected chi connectivity index (χ0v) is 13.9. The van der Waals surface area contributed by atoms with E-state index in [-0.39, 0.29) is 18.2 Å². The zero-order valence-electron chi connectivity index (χ0n) is 13.9. The second-order valence-electron chi connectivity index (χ2n) is 5.72. The summed E-state index contributed by atoms with van der Waals surface area (Å²) in [5.74, 6) is -2.91. The van der Waals surface area contributed by atoms with E-state index < -0.39 is 23.4 Å². The fraction of sp³-hybridized carbons (Fsp3) is 0.529. The highest BCUT2D eigenvalue weighted by atomic mass is 19.1. The lowest BCUT2D eigenvalue weighted by Crippen LogP contribution is -2.37. The zero-order chi connectivity index (χ0) is 18.1. The third-order valence-corrected chi connectivity index (χ3v) is 3.70. The molecule has 0 radical (unpaired) electrons. The molecule has 1 aliphatic heterocycles. The van der Waals surface area contributed by atoms with Gasteiger partial charge in [-0.2, -0.15) is 0 Å². The van der Waals surface area contributed by atoms with Gasteiger partial charge in [-0.25, -0.2) is 8.78 Å². The molecule has 1 aromatic rings. The van der Waals surface area contributed by atoms with Crippen LogP contribution in [0.5, 0.6) is 0 Å². The van der Waals surface area contributed by atoms with Crippen LogP contribution in [0.15, 0.2) is 18.2 Å². The van der Waals surface area contributed by atoms with Crippen molar-refractivity contribution in [1.82, 2.24) is 10.6 Å². The molecule has 0 aromatic heterocycles. The molecule has 0 bridgehead atoms. The summed E-state index contributed by atoms with van der Waals surface area (Å²) in [4.78, 5) is 23.4. The van der Waals surface area contributed by atoms with E-state index in [4.69, 9.17) is 9.47 Å². The van der Waals surface area contributed by atoms with E-state index in [2.05, 4.69) is 10.6 Å². The molecule has 8 heteroatoms. The van der Waals surface area contributed by atoms with Gasteiger partial charge in [0.1, 0.15) is 11.6 Å². The first kappa shape index (κ1) is 19.3. The molecular weight excluding hydrogens is 334 g/mol. The summed E-state index contributed by atoms with van der Waals surface area (Å²) in [6, 6.07) is 2.63. The number of hydrogen-bond donors (Lipinski definition) is 2. The second-order valence-corrected chi connectivity index (χ2v) is 5.72. The fourth-order valence-electron chi connectivity index (χ4n) is 2.38. The first-order chi connectivity index (χ1) is 12.1. The minimum absolute atomic E-state index is 0.177. The van der Waals surface area contributed by atoms with E-state index in [0.29, 0.717) is 32.2 Å². The molecule has 1 aromatic carbocycles. The number of carbonyl (C=O) groups excluding carboxylic acids is 2. The summed E-state index contributed by atoms with van der Waals surface area (Å²) >= 11 is 0. The van der Waals surface area contributed by atoms with Crippen molar-refractivity contribution in [3.8, 4) is 0 Å². The van der Waals surface area contributed by atoms with Crippen molar-refractivity contribution in [2.45, 2.75) is 25.4 Å². The topological polar surface area (TPSA) is 76.7 Å². The Morgan fingerprint density at radius 2 is 2.12 bits per heavy atom. The fourth-order valence-corrected chi connectivity index (χ4v) is 2.38. The molecule has 1 heterocycles. The van der Waals surface area contributed by atoms with Gasteiger partial charge in [-0.1, -0.05) is 0 Å². The highest BCUT2D eigenvalue weighted by molar-refractivity contribution is 5.96. The van der Waals surface area contributed by atoms with Crippen molar-refractivity contribution >= 4 is 11.8 Å². The summed E-state index contributed by atoms with van der Waals surface area (Å²) < 4.78 is 37.1. The molecule has 0 saturated carbocycles. The third-order valence-electron chi connectivity index (χ3n) is 3.70. The van der Waals surface area contributed by atoms with Gasteiger partial charge in [0.25, 0.3) is 5.91 Å². The van der Waals surface area contributed by atoms with Crippen LogP contribution in [0.25, 0.3) is 0 Å². The summed E-state index contributed by atoms with van der Waals surface area (Å²) in [7, 11) is 0. The van der Waals surface area contributed by atoms with Crippen molar-refractivity contribution in [2.75, 3.05) is 32.9 Å². The Kier molecular flexibility index (Phi) is 7.75. The van der Waals surface area contributed by atoms with E-state index >= 15 is 0 Å². The van der Waals surface area contributed by atoms with Crippen LogP contribution in [0.1, 0.15) is 29.6 Å². The van der Waals surface area contributed by atoms with Crippen LogP contribution >= 0.6 is 0 Å². The van der Waals surface area contributed by atoms with Crippen LogP contribution in [0.4, 0.5) is 8.78 Å². The monoisotopic (exact) mass is 356 g/mol. The van der Waals surface area contributed by atoms with Gasteiger partial charge in [-0.3, -0.25) is 9.59 Å². The Morgan fingerprint density at radius 3 is 2.84 bits per heavy atom. The molecule has 138 valence electrons. The Bertz CT molecular complexity index is 592. The van der Waals surface area contributed by atoms with Crippen LogP contribution in [0.2, 0.25) is 0 Å². The number of benzene rings is 1.